The molecule has 0 N–H and O–H groups in total. The minimum atomic E-state index is -0.460. The van der Waals surface area contributed by atoms with Crippen LogP contribution in [0.1, 0.15) is 26.5 Å². The van der Waals surface area contributed by atoms with Crippen molar-refractivity contribution in [3.8, 4) is 0 Å². The van der Waals surface area contributed by atoms with Crippen LogP contribution < -0.4 is 4.90 Å². The van der Waals surface area contributed by atoms with Crippen LogP contribution in [0.3, 0.4) is 0 Å². The molecule has 1 aliphatic rings. The van der Waals surface area contributed by atoms with Gasteiger partial charge in [-0.25, -0.2) is 9.78 Å². The number of aryl methyl sites for hydroxylation is 1. The lowest BCUT2D eigenvalue weighted by molar-refractivity contribution is 0.0583. The number of anilines is 1. The van der Waals surface area contributed by atoms with Gasteiger partial charge in [0.25, 0.3) is 0 Å². The molecule has 0 saturated heterocycles. The highest BCUT2D eigenvalue weighted by Gasteiger charge is 2.30. The van der Waals surface area contributed by atoms with Gasteiger partial charge in [-0.15, -0.1) is 0 Å². The Morgan fingerprint density at radius 3 is 2.75 bits per heavy atom. The van der Waals surface area contributed by atoms with E-state index in [4.69, 9.17) is 4.74 Å². The van der Waals surface area contributed by atoms with Crippen LogP contribution in [0, 0.1) is 6.92 Å². The number of hydrogen-bond donors (Lipinski definition) is 0. The lowest BCUT2D eigenvalue weighted by atomic mass is 10.2. The van der Waals surface area contributed by atoms with Gasteiger partial charge in [0, 0.05) is 13.1 Å². The highest BCUT2D eigenvalue weighted by molar-refractivity contribution is 5.88. The van der Waals surface area contributed by atoms with Crippen LogP contribution in [-0.2, 0) is 11.3 Å². The van der Waals surface area contributed by atoms with Gasteiger partial charge in [0.05, 0.1) is 12.0 Å². The van der Waals surface area contributed by atoms with E-state index >= 15 is 0 Å². The van der Waals surface area contributed by atoms with E-state index in [-0.39, 0.29) is 6.09 Å². The van der Waals surface area contributed by atoms with E-state index in [0.717, 1.165) is 18.1 Å². The average molecular weight is 223 g/mol. The molecule has 5 heteroatoms. The zero-order valence-electron chi connectivity index (χ0n) is 10.1. The van der Waals surface area contributed by atoms with Crippen LogP contribution in [-0.4, -0.2) is 27.8 Å². The molecule has 2 heterocycles. The van der Waals surface area contributed by atoms with Gasteiger partial charge in [0.2, 0.25) is 0 Å². The highest BCUT2D eigenvalue weighted by atomic mass is 16.6. The predicted octanol–water partition coefficient (Wildman–Crippen LogP) is 1.95. The lowest BCUT2D eigenvalue weighted by Gasteiger charge is -2.24. The van der Waals surface area contributed by atoms with E-state index < -0.39 is 5.60 Å². The molecular weight excluding hydrogens is 206 g/mol. The van der Waals surface area contributed by atoms with Crippen molar-refractivity contribution in [1.82, 2.24) is 9.55 Å². The molecule has 16 heavy (non-hydrogen) atoms. The van der Waals surface area contributed by atoms with Gasteiger partial charge in [-0.1, -0.05) is 0 Å². The minimum absolute atomic E-state index is 0.296. The van der Waals surface area contributed by atoms with Crippen molar-refractivity contribution >= 4 is 11.9 Å². The third-order valence-corrected chi connectivity index (χ3v) is 2.42. The van der Waals surface area contributed by atoms with E-state index in [1.807, 2.05) is 32.3 Å². The summed E-state index contributed by atoms with van der Waals surface area (Å²) in [7, 11) is 0. The van der Waals surface area contributed by atoms with Crippen molar-refractivity contribution < 1.29 is 9.53 Å². The van der Waals surface area contributed by atoms with Crippen LogP contribution in [0.15, 0.2) is 6.33 Å². The molecular formula is C11H17N3O2. The van der Waals surface area contributed by atoms with E-state index in [1.165, 1.54) is 0 Å². The Morgan fingerprint density at radius 2 is 2.12 bits per heavy atom. The van der Waals surface area contributed by atoms with Gasteiger partial charge in [0.1, 0.15) is 11.4 Å². The molecule has 0 bridgehead atoms. The molecule has 1 aromatic heterocycles. The van der Waals surface area contributed by atoms with Crippen LogP contribution in [0.4, 0.5) is 10.6 Å². The first-order valence-electron chi connectivity index (χ1n) is 5.41. The Balaban J connectivity index is 2.19. The molecule has 0 atom stereocenters. The lowest BCUT2D eigenvalue weighted by Crippen LogP contribution is -2.36. The van der Waals surface area contributed by atoms with Gasteiger partial charge in [-0.3, -0.25) is 4.90 Å². The van der Waals surface area contributed by atoms with Crippen LogP contribution >= 0.6 is 0 Å². The molecule has 0 fully saturated rings. The van der Waals surface area contributed by atoms with Crippen LogP contribution in [0.2, 0.25) is 0 Å². The second kappa shape index (κ2) is 3.50. The summed E-state index contributed by atoms with van der Waals surface area (Å²) in [6, 6.07) is 0. The number of fused-ring (bicyclic) bond motifs is 1. The van der Waals surface area contributed by atoms with Crippen molar-refractivity contribution in [2.45, 2.75) is 39.8 Å². The van der Waals surface area contributed by atoms with Crippen molar-refractivity contribution in [3.63, 3.8) is 0 Å². The van der Waals surface area contributed by atoms with Crippen molar-refractivity contribution in [2.75, 3.05) is 11.4 Å². The smallest absolute Gasteiger partial charge is 0.416 e. The Morgan fingerprint density at radius 1 is 1.44 bits per heavy atom. The Labute approximate surface area is 95.0 Å². The number of carbonyl (C=O) groups is 1. The first-order valence-corrected chi connectivity index (χ1v) is 5.41. The maximum atomic E-state index is 11.9. The van der Waals surface area contributed by atoms with Crippen molar-refractivity contribution in [2.24, 2.45) is 0 Å². The standard InChI is InChI=1S/C11H17N3O2/c1-8-9-13(7-12-8)5-6-14(9)10(15)16-11(2,3)4/h7H,5-6H2,1-4H3. The zero-order valence-corrected chi connectivity index (χ0v) is 10.1. The first-order chi connectivity index (χ1) is 7.38. The third-order valence-electron chi connectivity index (χ3n) is 2.42. The Kier molecular flexibility index (Phi) is 2.40. The molecule has 0 radical (unpaired) electrons. The van der Waals surface area contributed by atoms with Crippen molar-refractivity contribution in [3.05, 3.63) is 12.0 Å². The quantitative estimate of drug-likeness (QED) is 0.675. The molecule has 1 aromatic rings. The van der Waals surface area contributed by atoms with Crippen LogP contribution in [0.5, 0.6) is 0 Å². The van der Waals surface area contributed by atoms with E-state index in [0.29, 0.717) is 6.54 Å². The van der Waals surface area contributed by atoms with Crippen LogP contribution in [0.25, 0.3) is 0 Å². The second-order valence-electron chi connectivity index (χ2n) is 4.98. The number of aromatic nitrogens is 2. The van der Waals surface area contributed by atoms with Gasteiger partial charge in [0.15, 0.2) is 0 Å². The second-order valence-corrected chi connectivity index (χ2v) is 4.98. The third kappa shape index (κ3) is 1.89. The summed E-state index contributed by atoms with van der Waals surface area (Å²) in [6.07, 6.45) is 1.46. The maximum Gasteiger partial charge on any atom is 0.416 e. The summed E-state index contributed by atoms with van der Waals surface area (Å²) < 4.78 is 7.32. The summed E-state index contributed by atoms with van der Waals surface area (Å²) in [5.41, 5.74) is 0.404. The molecule has 0 unspecified atom stereocenters. The SMILES string of the molecule is Cc1ncn2c1N(C(=O)OC(C)(C)C)CC2. The Bertz CT molecular complexity index is 417. The highest BCUT2D eigenvalue weighted by Crippen LogP contribution is 2.26. The molecule has 5 nitrogen and oxygen atoms in total. The van der Waals surface area contributed by atoms with Gasteiger partial charge in [-0.2, -0.15) is 0 Å². The molecule has 1 amide bonds. The molecule has 1 aliphatic heterocycles. The monoisotopic (exact) mass is 223 g/mol. The summed E-state index contributed by atoms with van der Waals surface area (Å²) in [5, 5.41) is 0. The molecule has 2 rings (SSSR count). The van der Waals surface area contributed by atoms with E-state index in [1.54, 1.807) is 11.2 Å². The fourth-order valence-electron chi connectivity index (χ4n) is 1.80. The fraction of sp³-hybridized carbons (Fsp3) is 0.636. The van der Waals surface area contributed by atoms with Gasteiger partial charge >= 0.3 is 6.09 Å². The number of carbonyl (C=O) groups excluding carboxylic acids is 1. The number of rotatable bonds is 0. The summed E-state index contributed by atoms with van der Waals surface area (Å²) >= 11 is 0. The number of hydrogen-bond acceptors (Lipinski definition) is 3. The largest absolute Gasteiger partial charge is 0.443 e. The molecule has 0 aliphatic carbocycles. The molecule has 0 saturated carbocycles. The van der Waals surface area contributed by atoms with E-state index in [9.17, 15) is 4.79 Å². The topological polar surface area (TPSA) is 47.4 Å². The van der Waals surface area contributed by atoms with Gasteiger partial charge < -0.3 is 9.30 Å². The summed E-state index contributed by atoms with van der Waals surface area (Å²) in [4.78, 5) is 17.8. The molecule has 88 valence electrons. The normalized spacial score (nSPS) is 15.1. The maximum absolute atomic E-state index is 11.9. The number of amides is 1. The van der Waals surface area contributed by atoms with E-state index in [2.05, 4.69) is 4.98 Å². The summed E-state index contributed by atoms with van der Waals surface area (Å²) in [6.45, 7) is 8.94. The molecule has 0 spiro atoms. The fourth-order valence-corrected chi connectivity index (χ4v) is 1.80. The van der Waals surface area contributed by atoms with Crippen molar-refractivity contribution in [1.29, 1.82) is 0 Å². The minimum Gasteiger partial charge on any atom is -0.443 e. The zero-order chi connectivity index (χ0) is 11.9. The van der Waals surface area contributed by atoms with Gasteiger partial charge in [-0.05, 0) is 27.7 Å². The summed E-state index contributed by atoms with van der Waals surface area (Å²) in [5.74, 6) is 0.856. The first kappa shape index (κ1) is 11.0. The Hall–Kier alpha value is -1.52. The number of nitrogens with zero attached hydrogens (tertiary/aromatic N) is 3. The number of ether oxygens (including phenoxy) is 1. The average Bonchev–Trinajstić information content (AvgIpc) is 2.66. The molecule has 0 aromatic carbocycles. The number of imidazole rings is 1. The predicted molar refractivity (Wildman–Crippen MR) is 60.5 cm³/mol.